The molecule has 1 heteroatoms. The predicted molar refractivity (Wildman–Crippen MR) is 38.2 cm³/mol. The molecule has 1 saturated heterocycles. The number of rotatable bonds is 0. The molecule has 1 saturated carbocycles. The van der Waals surface area contributed by atoms with Crippen LogP contribution in [-0.2, 0) is 0 Å². The molecule has 0 spiro atoms. The molecule has 8 heavy (non-hydrogen) atoms. The number of hydrogen-bond donors (Lipinski definition) is 0. The summed E-state index contributed by atoms with van der Waals surface area (Å²) in [5.41, 5.74) is 0. The molecule has 1 heterocycles. The van der Waals surface area contributed by atoms with Crippen LogP contribution in [0.25, 0.3) is 0 Å². The molecule has 46 valence electrons. The average molecular weight is 128 g/mol. The fraction of sp³-hybridized carbons (Fsp3) is 1.00. The van der Waals surface area contributed by atoms with Gasteiger partial charge in [-0.05, 0) is 30.9 Å². The first-order chi connectivity index (χ1) is 3.97. The molecule has 2 unspecified atom stereocenters. The van der Waals surface area contributed by atoms with Gasteiger partial charge in [0, 0.05) is 5.25 Å². The summed E-state index contributed by atoms with van der Waals surface area (Å²) in [6.07, 6.45) is 6.10. The quantitative estimate of drug-likeness (QED) is 0.482. The summed E-state index contributed by atoms with van der Waals surface area (Å²) in [6, 6.07) is 0. The molecule has 0 aromatic carbocycles. The molecule has 0 radical (unpaired) electrons. The van der Waals surface area contributed by atoms with Crippen LogP contribution in [-0.4, -0.2) is 11.0 Å². The van der Waals surface area contributed by atoms with Crippen molar-refractivity contribution in [2.75, 3.05) is 5.75 Å². The highest BCUT2D eigenvalue weighted by atomic mass is 32.2. The van der Waals surface area contributed by atoms with Gasteiger partial charge in [0.05, 0.1) is 0 Å². The molecule has 1 aliphatic heterocycles. The van der Waals surface area contributed by atoms with Gasteiger partial charge in [0.1, 0.15) is 0 Å². The Morgan fingerprint density at radius 1 is 1.12 bits per heavy atom. The molecule has 2 rings (SSSR count). The molecular formula is C7H12S. The lowest BCUT2D eigenvalue weighted by Gasteiger charge is -2.03. The molecule has 0 N–H and O–H groups in total. The highest BCUT2D eigenvalue weighted by molar-refractivity contribution is 8.00. The second kappa shape index (κ2) is 1.94. The lowest BCUT2D eigenvalue weighted by molar-refractivity contribution is 0.569. The second-order valence-electron chi connectivity index (χ2n) is 2.89. The number of thioether (sulfide) groups is 1. The molecule has 0 bridgehead atoms. The lowest BCUT2D eigenvalue weighted by Crippen LogP contribution is -2.00. The van der Waals surface area contributed by atoms with E-state index in [1.165, 1.54) is 31.4 Å². The fourth-order valence-electron chi connectivity index (χ4n) is 1.92. The first kappa shape index (κ1) is 5.16. The van der Waals surface area contributed by atoms with Crippen molar-refractivity contribution in [2.24, 2.45) is 5.92 Å². The van der Waals surface area contributed by atoms with Crippen LogP contribution in [0.5, 0.6) is 0 Å². The molecule has 0 nitrogen and oxygen atoms in total. The van der Waals surface area contributed by atoms with E-state index in [-0.39, 0.29) is 0 Å². The number of fused-ring (bicyclic) bond motifs is 1. The van der Waals surface area contributed by atoms with Crippen molar-refractivity contribution in [2.45, 2.75) is 30.9 Å². The zero-order valence-corrected chi connectivity index (χ0v) is 5.91. The van der Waals surface area contributed by atoms with Crippen LogP contribution in [0.1, 0.15) is 25.7 Å². The Bertz CT molecular complexity index is 70.4. The van der Waals surface area contributed by atoms with Crippen LogP contribution in [0, 0.1) is 5.92 Å². The van der Waals surface area contributed by atoms with Crippen molar-refractivity contribution in [3.63, 3.8) is 0 Å². The third-order valence-electron chi connectivity index (χ3n) is 2.41. The number of hydrogen-bond acceptors (Lipinski definition) is 1. The topological polar surface area (TPSA) is 0 Å². The van der Waals surface area contributed by atoms with E-state index in [9.17, 15) is 0 Å². The Balaban J connectivity index is 2.04. The van der Waals surface area contributed by atoms with Crippen LogP contribution in [0.3, 0.4) is 0 Å². The Morgan fingerprint density at radius 3 is 3.00 bits per heavy atom. The molecule has 2 aliphatic rings. The summed E-state index contributed by atoms with van der Waals surface area (Å²) in [5.74, 6) is 2.59. The standard InChI is InChI=1S/C7H12S/c1-2-6-4-5-8-7(6)3-1/h6-7H,1-5H2. The largest absolute Gasteiger partial charge is 0.158 e. The van der Waals surface area contributed by atoms with Crippen molar-refractivity contribution >= 4 is 11.8 Å². The van der Waals surface area contributed by atoms with Gasteiger partial charge in [0.2, 0.25) is 0 Å². The molecule has 2 fully saturated rings. The third-order valence-corrected chi connectivity index (χ3v) is 3.93. The summed E-state index contributed by atoms with van der Waals surface area (Å²) in [7, 11) is 0. The van der Waals surface area contributed by atoms with Crippen molar-refractivity contribution in [3.8, 4) is 0 Å². The molecule has 0 aromatic heterocycles. The van der Waals surface area contributed by atoms with Gasteiger partial charge in [-0.25, -0.2) is 0 Å². The molecule has 0 aromatic rings. The van der Waals surface area contributed by atoms with E-state index >= 15 is 0 Å². The zero-order chi connectivity index (χ0) is 5.40. The van der Waals surface area contributed by atoms with Gasteiger partial charge >= 0.3 is 0 Å². The van der Waals surface area contributed by atoms with E-state index in [0.717, 1.165) is 11.2 Å². The van der Waals surface area contributed by atoms with E-state index < -0.39 is 0 Å². The maximum atomic E-state index is 2.21. The van der Waals surface area contributed by atoms with Gasteiger partial charge in [-0.2, -0.15) is 11.8 Å². The predicted octanol–water partition coefficient (Wildman–Crippen LogP) is 2.29. The van der Waals surface area contributed by atoms with Crippen LogP contribution in [0.2, 0.25) is 0 Å². The minimum atomic E-state index is 1.09. The van der Waals surface area contributed by atoms with Gasteiger partial charge in [0.15, 0.2) is 0 Å². The Labute approximate surface area is 55.0 Å². The summed E-state index contributed by atoms with van der Waals surface area (Å²) in [5, 5.41) is 1.09. The van der Waals surface area contributed by atoms with Crippen LogP contribution >= 0.6 is 11.8 Å². The Kier molecular flexibility index (Phi) is 1.25. The smallest absolute Gasteiger partial charge is 0.00756 e. The maximum absolute atomic E-state index is 2.21. The lowest BCUT2D eigenvalue weighted by atomic mass is 10.1. The van der Waals surface area contributed by atoms with Crippen molar-refractivity contribution < 1.29 is 0 Å². The van der Waals surface area contributed by atoms with Gasteiger partial charge in [0.25, 0.3) is 0 Å². The second-order valence-corrected chi connectivity index (χ2v) is 4.24. The van der Waals surface area contributed by atoms with Crippen molar-refractivity contribution in [3.05, 3.63) is 0 Å². The minimum absolute atomic E-state index is 1.09. The molecule has 2 atom stereocenters. The first-order valence-electron chi connectivity index (χ1n) is 3.58. The Morgan fingerprint density at radius 2 is 2.12 bits per heavy atom. The van der Waals surface area contributed by atoms with E-state index in [0.29, 0.717) is 0 Å². The van der Waals surface area contributed by atoms with Crippen molar-refractivity contribution in [1.29, 1.82) is 0 Å². The summed E-state index contributed by atoms with van der Waals surface area (Å²) in [4.78, 5) is 0. The SMILES string of the molecule is C1CC2CCSC2C1. The maximum Gasteiger partial charge on any atom is 0.00756 e. The van der Waals surface area contributed by atoms with Gasteiger partial charge in [-0.1, -0.05) is 6.42 Å². The highest BCUT2D eigenvalue weighted by Crippen LogP contribution is 2.43. The Hall–Kier alpha value is 0.350. The van der Waals surface area contributed by atoms with E-state index in [1.807, 2.05) is 0 Å². The molecular weight excluding hydrogens is 116 g/mol. The molecule has 1 aliphatic carbocycles. The van der Waals surface area contributed by atoms with Crippen molar-refractivity contribution in [1.82, 2.24) is 0 Å². The van der Waals surface area contributed by atoms with E-state index in [1.54, 1.807) is 0 Å². The normalized spacial score (nSPS) is 45.0. The summed E-state index contributed by atoms with van der Waals surface area (Å²) >= 11 is 2.21. The van der Waals surface area contributed by atoms with E-state index in [4.69, 9.17) is 0 Å². The zero-order valence-electron chi connectivity index (χ0n) is 5.10. The first-order valence-corrected chi connectivity index (χ1v) is 4.63. The molecule has 0 amide bonds. The minimum Gasteiger partial charge on any atom is -0.158 e. The van der Waals surface area contributed by atoms with E-state index in [2.05, 4.69) is 11.8 Å². The van der Waals surface area contributed by atoms with Crippen LogP contribution in [0.15, 0.2) is 0 Å². The summed E-state index contributed by atoms with van der Waals surface area (Å²) < 4.78 is 0. The van der Waals surface area contributed by atoms with Gasteiger partial charge < -0.3 is 0 Å². The fourth-order valence-corrected chi connectivity index (χ4v) is 3.54. The van der Waals surface area contributed by atoms with Gasteiger partial charge in [-0.15, -0.1) is 0 Å². The third kappa shape index (κ3) is 0.680. The summed E-state index contributed by atoms with van der Waals surface area (Å²) in [6.45, 7) is 0. The van der Waals surface area contributed by atoms with Gasteiger partial charge in [-0.3, -0.25) is 0 Å². The highest BCUT2D eigenvalue weighted by Gasteiger charge is 2.31. The monoisotopic (exact) mass is 128 g/mol. The van der Waals surface area contributed by atoms with Crippen LogP contribution in [0.4, 0.5) is 0 Å². The van der Waals surface area contributed by atoms with Crippen LogP contribution < -0.4 is 0 Å². The average Bonchev–Trinajstić information content (AvgIpc) is 2.15.